The number of carbonyl (C=O) groups excluding carboxylic acids is 2. The molecule has 138 valence electrons. The van der Waals surface area contributed by atoms with Gasteiger partial charge in [-0.05, 0) is 37.2 Å². The van der Waals surface area contributed by atoms with Gasteiger partial charge in [0.15, 0.2) is 0 Å². The highest BCUT2D eigenvalue weighted by atomic mass is 16.2. The maximum absolute atomic E-state index is 12.1. The Bertz CT molecular complexity index is 704. The fourth-order valence-electron chi connectivity index (χ4n) is 3.08. The number of carbonyl (C=O) groups is 2. The van der Waals surface area contributed by atoms with Gasteiger partial charge in [-0.3, -0.25) is 25.4 Å². The number of benzene rings is 1. The van der Waals surface area contributed by atoms with Crippen LogP contribution in [0.25, 0.3) is 0 Å². The van der Waals surface area contributed by atoms with E-state index in [0.717, 1.165) is 42.9 Å². The lowest BCUT2D eigenvalue weighted by Crippen LogP contribution is -2.52. The molecule has 0 spiro atoms. The highest BCUT2D eigenvalue weighted by molar-refractivity contribution is 5.97. The quantitative estimate of drug-likeness (QED) is 0.702. The van der Waals surface area contributed by atoms with Crippen molar-refractivity contribution in [1.82, 2.24) is 16.3 Å². The topological polar surface area (TPSA) is 94.9 Å². The number of rotatable bonds is 5. The Balaban J connectivity index is 1.55. The minimum Gasteiger partial charge on any atom is -0.285 e. The lowest BCUT2D eigenvalue weighted by atomic mass is 9.90. The molecule has 7 heteroatoms. The van der Waals surface area contributed by atoms with Crippen LogP contribution in [0, 0.1) is 5.92 Å². The lowest BCUT2D eigenvalue weighted by Gasteiger charge is -2.22. The number of hydrazine groups is 1. The van der Waals surface area contributed by atoms with E-state index in [4.69, 9.17) is 0 Å². The van der Waals surface area contributed by atoms with E-state index in [1.807, 2.05) is 30.3 Å². The Kier molecular flexibility index (Phi) is 5.99. The van der Waals surface area contributed by atoms with Crippen molar-refractivity contribution in [3.63, 3.8) is 0 Å². The number of nitrogens with one attached hydrogen (secondary N) is 3. The summed E-state index contributed by atoms with van der Waals surface area (Å²) in [5.41, 5.74) is 10.1. The van der Waals surface area contributed by atoms with Crippen LogP contribution in [0.3, 0.4) is 0 Å². The third kappa shape index (κ3) is 5.15. The minimum atomic E-state index is -0.735. The van der Waals surface area contributed by atoms with Crippen molar-refractivity contribution in [3.8, 4) is 0 Å². The largest absolute Gasteiger partial charge is 0.285 e. The average Bonchev–Trinajstić information content (AvgIpc) is 2.65. The van der Waals surface area contributed by atoms with Crippen molar-refractivity contribution in [3.05, 3.63) is 35.9 Å². The highest BCUT2D eigenvalue weighted by Gasteiger charge is 2.25. The van der Waals surface area contributed by atoms with E-state index >= 15 is 0 Å². The van der Waals surface area contributed by atoms with Crippen LogP contribution in [0.1, 0.15) is 44.6 Å². The lowest BCUT2D eigenvalue weighted by molar-refractivity contribution is -0.128. The zero-order valence-corrected chi connectivity index (χ0v) is 15.0. The smallest absolute Gasteiger partial charge is 0.263 e. The summed E-state index contributed by atoms with van der Waals surface area (Å²) in [6.07, 6.45) is 4.62. The summed E-state index contributed by atoms with van der Waals surface area (Å²) in [6, 6.07) is 9.10. The molecule has 1 aliphatic carbocycles. The van der Waals surface area contributed by atoms with Crippen molar-refractivity contribution in [2.45, 2.75) is 51.5 Å². The van der Waals surface area contributed by atoms with Crippen molar-refractivity contribution in [2.75, 3.05) is 0 Å². The Morgan fingerprint density at radius 1 is 1.23 bits per heavy atom. The van der Waals surface area contributed by atoms with Crippen LogP contribution in [0.5, 0.6) is 0 Å². The van der Waals surface area contributed by atoms with Crippen LogP contribution < -0.4 is 16.3 Å². The first-order valence-corrected chi connectivity index (χ1v) is 9.11. The van der Waals surface area contributed by atoms with Crippen molar-refractivity contribution in [2.24, 2.45) is 16.0 Å². The fraction of sp³-hybridized carbons (Fsp3) is 0.474. The minimum absolute atomic E-state index is 0.0149. The number of amidine groups is 1. The van der Waals surface area contributed by atoms with E-state index < -0.39 is 6.04 Å². The predicted molar refractivity (Wildman–Crippen MR) is 100 cm³/mol. The number of nitrogens with zero attached hydrogens (tertiary/aromatic N) is 2. The molecule has 1 atom stereocenters. The molecule has 26 heavy (non-hydrogen) atoms. The van der Waals surface area contributed by atoms with Gasteiger partial charge < -0.3 is 0 Å². The zero-order valence-electron chi connectivity index (χ0n) is 15.0. The van der Waals surface area contributed by atoms with Gasteiger partial charge in [0.25, 0.3) is 5.91 Å². The summed E-state index contributed by atoms with van der Waals surface area (Å²) in [7, 11) is 0. The molecule has 3 rings (SSSR count). The van der Waals surface area contributed by atoms with Gasteiger partial charge in [0, 0.05) is 12.1 Å². The van der Waals surface area contributed by atoms with E-state index in [0.29, 0.717) is 12.3 Å². The molecule has 2 aliphatic rings. The fourth-order valence-corrected chi connectivity index (χ4v) is 3.08. The summed E-state index contributed by atoms with van der Waals surface area (Å²) >= 11 is 0. The molecular weight excluding hydrogens is 330 g/mol. The first-order chi connectivity index (χ1) is 12.6. The van der Waals surface area contributed by atoms with Gasteiger partial charge in [-0.25, -0.2) is 5.43 Å². The van der Waals surface area contributed by atoms with E-state index in [-0.39, 0.29) is 18.2 Å². The molecule has 2 amide bonds. The predicted octanol–water partition coefficient (Wildman–Crippen LogP) is 1.70. The maximum atomic E-state index is 12.1. The summed E-state index contributed by atoms with van der Waals surface area (Å²) < 4.78 is 0. The molecule has 3 N–H and O–H groups in total. The molecular formula is C19H25N5O2. The van der Waals surface area contributed by atoms with E-state index in [1.165, 1.54) is 0 Å². The molecule has 0 unspecified atom stereocenters. The van der Waals surface area contributed by atoms with Crippen LogP contribution in [-0.2, 0) is 16.0 Å². The van der Waals surface area contributed by atoms with E-state index in [1.54, 1.807) is 0 Å². The number of amides is 2. The zero-order chi connectivity index (χ0) is 18.4. The third-order valence-electron chi connectivity index (χ3n) is 4.73. The van der Waals surface area contributed by atoms with Gasteiger partial charge in [0.1, 0.15) is 11.9 Å². The molecule has 0 radical (unpaired) electrons. The molecule has 7 nitrogen and oxygen atoms in total. The molecule has 1 fully saturated rings. The van der Waals surface area contributed by atoms with Crippen LogP contribution >= 0.6 is 0 Å². The second kappa shape index (κ2) is 8.60. The summed E-state index contributed by atoms with van der Waals surface area (Å²) in [6.45, 7) is 2.23. The normalized spacial score (nSPS) is 22.7. The van der Waals surface area contributed by atoms with Crippen molar-refractivity contribution in [1.29, 1.82) is 0 Å². The Labute approximate surface area is 153 Å². The first kappa shape index (κ1) is 18.1. The molecule has 1 aliphatic heterocycles. The van der Waals surface area contributed by atoms with Crippen LogP contribution in [0.4, 0.5) is 0 Å². The standard InChI is InChI=1S/C19H25N5O2/c1-13-7-9-15(10-8-13)21-23-18(25)12-16-19(26)24-22-17(20-16)11-14-5-3-2-4-6-14/h2-6,13,16H,7-12H2,1H3,(H,20,22)(H,23,25)(H,24,26)/t13?,16-/m0/s1. The van der Waals surface area contributed by atoms with E-state index in [2.05, 4.69) is 33.3 Å². The number of aliphatic imine (C=N–C) groups is 1. The average molecular weight is 355 g/mol. The third-order valence-corrected chi connectivity index (χ3v) is 4.73. The number of hydrogen-bond donors (Lipinski definition) is 3. The summed E-state index contributed by atoms with van der Waals surface area (Å²) in [4.78, 5) is 28.5. The molecule has 0 saturated heterocycles. The van der Waals surface area contributed by atoms with Crippen LogP contribution in [-0.4, -0.2) is 29.4 Å². The Morgan fingerprint density at radius 2 is 1.96 bits per heavy atom. The van der Waals surface area contributed by atoms with Gasteiger partial charge in [-0.15, -0.1) is 0 Å². The van der Waals surface area contributed by atoms with Gasteiger partial charge >= 0.3 is 0 Å². The maximum Gasteiger partial charge on any atom is 0.263 e. The van der Waals surface area contributed by atoms with Crippen molar-refractivity contribution < 1.29 is 9.59 Å². The number of hydrazone groups is 1. The molecule has 0 bridgehead atoms. The highest BCUT2D eigenvalue weighted by Crippen LogP contribution is 2.21. The van der Waals surface area contributed by atoms with Crippen molar-refractivity contribution >= 4 is 23.4 Å². The Morgan fingerprint density at radius 3 is 2.69 bits per heavy atom. The Hall–Kier alpha value is -2.70. The van der Waals surface area contributed by atoms with E-state index in [9.17, 15) is 9.59 Å². The number of hydrogen-bond acceptors (Lipinski definition) is 5. The molecule has 1 saturated carbocycles. The molecule has 1 aromatic rings. The SMILES string of the molecule is CC1CCC(=NNC(=O)C[C@@H]2N=C(Cc3ccccc3)NNC2=O)CC1. The van der Waals surface area contributed by atoms with Gasteiger partial charge in [-0.2, -0.15) is 5.10 Å². The van der Waals surface area contributed by atoms with Crippen LogP contribution in [0.15, 0.2) is 40.4 Å². The monoisotopic (exact) mass is 355 g/mol. The molecule has 0 aromatic heterocycles. The second-order valence-corrected chi connectivity index (χ2v) is 6.97. The van der Waals surface area contributed by atoms with Crippen LogP contribution in [0.2, 0.25) is 0 Å². The second-order valence-electron chi connectivity index (χ2n) is 6.97. The molecule has 1 aromatic carbocycles. The summed E-state index contributed by atoms with van der Waals surface area (Å²) in [5.74, 6) is 0.763. The molecule has 1 heterocycles. The van der Waals surface area contributed by atoms with Gasteiger partial charge in [-0.1, -0.05) is 37.3 Å². The summed E-state index contributed by atoms with van der Waals surface area (Å²) in [5, 5.41) is 4.22. The van der Waals surface area contributed by atoms with Gasteiger partial charge in [0.2, 0.25) is 5.91 Å². The van der Waals surface area contributed by atoms with Gasteiger partial charge in [0.05, 0.1) is 6.42 Å². The first-order valence-electron chi connectivity index (χ1n) is 9.11.